The molecule has 0 saturated carbocycles. The van der Waals surface area contributed by atoms with E-state index in [1.165, 1.54) is 64.6 Å². The fourth-order valence-electron chi connectivity index (χ4n) is 8.66. The van der Waals surface area contributed by atoms with E-state index in [1.54, 1.807) is 11.3 Å². The molecule has 55 heavy (non-hydrogen) atoms. The van der Waals surface area contributed by atoms with Crippen LogP contribution in [0.15, 0.2) is 182 Å². The van der Waals surface area contributed by atoms with Gasteiger partial charge in [0.05, 0.1) is 38.0 Å². The van der Waals surface area contributed by atoms with Crippen molar-refractivity contribution in [1.29, 1.82) is 0 Å². The minimum Gasteiger partial charge on any atom is -0.309 e. The van der Waals surface area contributed by atoms with Crippen LogP contribution in [0.2, 0.25) is 0 Å². The zero-order valence-corrected chi connectivity index (χ0v) is 30.3. The Morgan fingerprint density at radius 3 is 1.67 bits per heavy atom. The Hall–Kier alpha value is -7.08. The number of fused-ring (bicyclic) bond motifs is 11. The predicted octanol–water partition coefficient (Wildman–Crippen LogP) is 13.5. The second-order valence-electron chi connectivity index (χ2n) is 14.2. The lowest BCUT2D eigenvalue weighted by Gasteiger charge is -2.11. The minimum atomic E-state index is 0.674. The highest BCUT2D eigenvalue weighted by Gasteiger charge is 2.21. The number of benzene rings is 8. The topological polar surface area (TPSA) is 35.6 Å². The molecule has 12 aromatic rings. The molecule has 0 radical (unpaired) electrons. The lowest BCUT2D eigenvalue weighted by molar-refractivity contribution is 1.02. The Morgan fingerprint density at radius 2 is 0.964 bits per heavy atom. The number of rotatable bonds is 4. The van der Waals surface area contributed by atoms with E-state index in [2.05, 4.69) is 191 Å². The van der Waals surface area contributed by atoms with Gasteiger partial charge in [-0.2, -0.15) is 0 Å². The zero-order valence-electron chi connectivity index (χ0n) is 29.5. The van der Waals surface area contributed by atoms with Crippen molar-refractivity contribution in [3.8, 4) is 34.0 Å². The van der Waals surface area contributed by atoms with Gasteiger partial charge in [-0.1, -0.05) is 127 Å². The molecule has 256 valence electrons. The Bertz CT molecular complexity index is 3480. The standard InChI is InChI=1S/C50H30N4S/c1-3-14-32(15-4-1)47-49-48(46-36-18-8-7-13-31(36)25-28-45(46)55-49)52-50(51-47)54-42-22-12-10-20-38(42)40-30-34(24-27-44(40)54)33-23-26-43-39(29-33)37-19-9-11-21-41(37)53(43)35-16-5-2-6-17-35/h1-30H. The van der Waals surface area contributed by atoms with Crippen LogP contribution < -0.4 is 0 Å². The SMILES string of the molecule is c1ccc(-c2nc(-n3c4ccccc4c4cc(-c5ccc6c(c5)c5ccccc5n6-c5ccccc5)ccc43)nc3c2sc2ccc4ccccc4c23)cc1. The molecule has 8 aromatic carbocycles. The van der Waals surface area contributed by atoms with Crippen LogP contribution in [0.4, 0.5) is 0 Å². The highest BCUT2D eigenvalue weighted by Crippen LogP contribution is 2.43. The average molecular weight is 719 g/mol. The summed E-state index contributed by atoms with van der Waals surface area (Å²) in [7, 11) is 0. The maximum Gasteiger partial charge on any atom is 0.235 e. The summed E-state index contributed by atoms with van der Waals surface area (Å²) >= 11 is 1.78. The van der Waals surface area contributed by atoms with Gasteiger partial charge in [0.1, 0.15) is 0 Å². The fraction of sp³-hybridized carbons (Fsp3) is 0. The summed E-state index contributed by atoms with van der Waals surface area (Å²) in [5.41, 5.74) is 11.1. The largest absolute Gasteiger partial charge is 0.309 e. The van der Waals surface area contributed by atoms with E-state index in [9.17, 15) is 0 Å². The molecule has 0 aliphatic rings. The first-order chi connectivity index (χ1) is 27.3. The fourth-order valence-corrected chi connectivity index (χ4v) is 9.83. The number of aromatic nitrogens is 4. The average Bonchev–Trinajstić information content (AvgIpc) is 3.91. The van der Waals surface area contributed by atoms with Crippen LogP contribution in [0.5, 0.6) is 0 Å². The molecule has 0 aliphatic carbocycles. The van der Waals surface area contributed by atoms with Gasteiger partial charge in [-0.05, 0) is 76.5 Å². The minimum absolute atomic E-state index is 0.674. The predicted molar refractivity (Wildman–Crippen MR) is 232 cm³/mol. The van der Waals surface area contributed by atoms with Crippen LogP contribution in [0.25, 0.3) is 109 Å². The third-order valence-corrected chi connectivity index (χ3v) is 12.3. The maximum absolute atomic E-state index is 5.47. The summed E-state index contributed by atoms with van der Waals surface area (Å²) < 4.78 is 6.94. The third-order valence-electron chi connectivity index (χ3n) is 11.1. The second kappa shape index (κ2) is 11.7. The van der Waals surface area contributed by atoms with E-state index in [0.717, 1.165) is 38.2 Å². The molecule has 5 heteroatoms. The molecule has 4 heterocycles. The van der Waals surface area contributed by atoms with Crippen molar-refractivity contribution in [2.75, 3.05) is 0 Å². The molecule has 0 bridgehead atoms. The summed E-state index contributed by atoms with van der Waals surface area (Å²) in [6.07, 6.45) is 0. The third kappa shape index (κ3) is 4.51. The van der Waals surface area contributed by atoms with Crippen molar-refractivity contribution < 1.29 is 0 Å². The lowest BCUT2D eigenvalue weighted by Crippen LogP contribution is -2.02. The molecular weight excluding hydrogens is 689 g/mol. The molecule has 0 atom stereocenters. The smallest absolute Gasteiger partial charge is 0.235 e. The summed E-state index contributed by atoms with van der Waals surface area (Å²) in [6, 6.07) is 65.3. The van der Waals surface area contributed by atoms with Crippen molar-refractivity contribution in [2.45, 2.75) is 0 Å². The van der Waals surface area contributed by atoms with Gasteiger partial charge in [-0.15, -0.1) is 11.3 Å². The highest BCUT2D eigenvalue weighted by molar-refractivity contribution is 7.26. The maximum atomic E-state index is 5.47. The molecule has 0 amide bonds. The van der Waals surface area contributed by atoms with E-state index in [0.29, 0.717) is 5.95 Å². The van der Waals surface area contributed by atoms with Crippen molar-refractivity contribution >= 4 is 86.0 Å². The Morgan fingerprint density at radius 1 is 0.400 bits per heavy atom. The number of hydrogen-bond donors (Lipinski definition) is 0. The molecular formula is C50H30N4S. The first-order valence-corrected chi connectivity index (χ1v) is 19.4. The quantitative estimate of drug-likeness (QED) is 0.182. The van der Waals surface area contributed by atoms with E-state index in [-0.39, 0.29) is 0 Å². The molecule has 12 rings (SSSR count). The van der Waals surface area contributed by atoms with E-state index >= 15 is 0 Å². The van der Waals surface area contributed by atoms with Gasteiger partial charge in [0.15, 0.2) is 0 Å². The summed E-state index contributed by atoms with van der Waals surface area (Å²) in [5.74, 6) is 0.674. The Labute approximate surface area is 319 Å². The van der Waals surface area contributed by atoms with Crippen LogP contribution in [-0.2, 0) is 0 Å². The molecule has 0 aliphatic heterocycles. The van der Waals surface area contributed by atoms with E-state index in [1.807, 2.05) is 0 Å². The van der Waals surface area contributed by atoms with Gasteiger partial charge in [-0.3, -0.25) is 4.57 Å². The van der Waals surface area contributed by atoms with Gasteiger partial charge in [0, 0.05) is 42.9 Å². The summed E-state index contributed by atoms with van der Waals surface area (Å²) in [5, 5.41) is 8.44. The van der Waals surface area contributed by atoms with Gasteiger partial charge in [0.2, 0.25) is 5.95 Å². The van der Waals surface area contributed by atoms with E-state index < -0.39 is 0 Å². The zero-order chi connectivity index (χ0) is 36.0. The molecule has 0 N–H and O–H groups in total. The molecule has 4 aromatic heterocycles. The molecule has 0 spiro atoms. The van der Waals surface area contributed by atoms with Crippen molar-refractivity contribution in [3.05, 3.63) is 182 Å². The van der Waals surface area contributed by atoms with Crippen molar-refractivity contribution in [1.82, 2.24) is 19.1 Å². The van der Waals surface area contributed by atoms with Crippen LogP contribution in [0.3, 0.4) is 0 Å². The van der Waals surface area contributed by atoms with Gasteiger partial charge >= 0.3 is 0 Å². The molecule has 4 nitrogen and oxygen atoms in total. The first kappa shape index (κ1) is 30.4. The summed E-state index contributed by atoms with van der Waals surface area (Å²) in [6.45, 7) is 0. The molecule has 0 saturated heterocycles. The monoisotopic (exact) mass is 718 g/mol. The van der Waals surface area contributed by atoms with Crippen LogP contribution in [0, 0.1) is 0 Å². The van der Waals surface area contributed by atoms with Crippen LogP contribution >= 0.6 is 11.3 Å². The van der Waals surface area contributed by atoms with Crippen molar-refractivity contribution in [3.63, 3.8) is 0 Å². The number of para-hydroxylation sites is 3. The van der Waals surface area contributed by atoms with Crippen LogP contribution in [0.1, 0.15) is 0 Å². The molecule has 0 unspecified atom stereocenters. The molecule has 0 fully saturated rings. The van der Waals surface area contributed by atoms with Gasteiger partial charge in [-0.25, -0.2) is 9.97 Å². The second-order valence-corrected chi connectivity index (χ2v) is 15.2. The summed E-state index contributed by atoms with van der Waals surface area (Å²) in [4.78, 5) is 10.9. The number of nitrogens with zero attached hydrogens (tertiary/aromatic N) is 4. The van der Waals surface area contributed by atoms with Gasteiger partial charge in [0.25, 0.3) is 0 Å². The van der Waals surface area contributed by atoms with E-state index in [4.69, 9.17) is 9.97 Å². The number of thiophene rings is 1. The van der Waals surface area contributed by atoms with Crippen molar-refractivity contribution in [2.24, 2.45) is 0 Å². The first-order valence-electron chi connectivity index (χ1n) is 18.6. The Balaban J connectivity index is 1.10. The normalized spacial score (nSPS) is 12.0. The van der Waals surface area contributed by atoms with Gasteiger partial charge < -0.3 is 4.57 Å². The lowest BCUT2D eigenvalue weighted by atomic mass is 10.0. The Kier molecular flexibility index (Phi) is 6.47. The highest BCUT2D eigenvalue weighted by atomic mass is 32.1. The number of hydrogen-bond acceptors (Lipinski definition) is 3. The van der Waals surface area contributed by atoms with Crippen LogP contribution in [-0.4, -0.2) is 19.1 Å².